The summed E-state index contributed by atoms with van der Waals surface area (Å²) in [7, 11) is 0. The van der Waals surface area contributed by atoms with Crippen LogP contribution in [0, 0.1) is 0 Å². The topological polar surface area (TPSA) is 47.8 Å². The summed E-state index contributed by atoms with van der Waals surface area (Å²) in [6, 6.07) is 2.03. The third kappa shape index (κ3) is 2.53. The van der Waals surface area contributed by atoms with E-state index in [-0.39, 0.29) is 16.5 Å². The number of hydrogen-bond donors (Lipinski definition) is 0. The fraction of sp³-hybridized carbons (Fsp3) is 0.250. The summed E-state index contributed by atoms with van der Waals surface area (Å²) in [5.41, 5.74) is -0.182. The number of halogens is 4. The molecule has 8 heteroatoms. The molecule has 0 saturated heterocycles. The summed E-state index contributed by atoms with van der Waals surface area (Å²) in [5.74, 6) is 0.116. The van der Waals surface area contributed by atoms with Crippen molar-refractivity contribution < 1.29 is 18.0 Å². The molecule has 2 rings (SSSR count). The highest BCUT2D eigenvalue weighted by atomic mass is 35.5. The number of nitrogens with zero attached hydrogens (tertiary/aromatic N) is 3. The molecule has 0 saturated carbocycles. The zero-order chi connectivity index (χ0) is 14.9. The molecule has 0 radical (unpaired) electrons. The largest absolute Gasteiger partial charge is 0.417 e. The molecule has 0 bridgehead atoms. The van der Waals surface area contributed by atoms with Crippen molar-refractivity contribution in [1.29, 1.82) is 0 Å². The Morgan fingerprint density at radius 3 is 2.50 bits per heavy atom. The quantitative estimate of drug-likeness (QED) is 0.817. The van der Waals surface area contributed by atoms with Crippen LogP contribution in [-0.4, -0.2) is 21.1 Å². The van der Waals surface area contributed by atoms with E-state index in [0.29, 0.717) is 24.6 Å². The maximum Gasteiger partial charge on any atom is 0.417 e. The highest BCUT2D eigenvalue weighted by Crippen LogP contribution is 2.29. The van der Waals surface area contributed by atoms with E-state index in [0.717, 1.165) is 16.8 Å². The first kappa shape index (κ1) is 14.5. The Hall–Kier alpha value is -1.89. The molecule has 2 aromatic heterocycles. The van der Waals surface area contributed by atoms with E-state index < -0.39 is 11.7 Å². The fourth-order valence-electron chi connectivity index (χ4n) is 1.66. The summed E-state index contributed by atoms with van der Waals surface area (Å²) < 4.78 is 38.5. The van der Waals surface area contributed by atoms with Crippen LogP contribution >= 0.6 is 11.6 Å². The van der Waals surface area contributed by atoms with Gasteiger partial charge >= 0.3 is 6.18 Å². The van der Waals surface area contributed by atoms with Crippen LogP contribution in [0.3, 0.4) is 0 Å². The van der Waals surface area contributed by atoms with E-state index in [4.69, 9.17) is 11.6 Å². The zero-order valence-electron chi connectivity index (χ0n) is 10.3. The van der Waals surface area contributed by atoms with Crippen molar-refractivity contribution in [2.75, 3.05) is 0 Å². The second kappa shape index (κ2) is 5.24. The maximum absolute atomic E-state index is 12.4. The highest BCUT2D eigenvalue weighted by molar-refractivity contribution is 6.32. The van der Waals surface area contributed by atoms with Crippen LogP contribution in [0.5, 0.6) is 0 Å². The highest BCUT2D eigenvalue weighted by Gasteiger charge is 2.30. The van der Waals surface area contributed by atoms with E-state index in [1.807, 2.05) is 0 Å². The predicted molar refractivity (Wildman–Crippen MR) is 66.1 cm³/mol. The van der Waals surface area contributed by atoms with Crippen LogP contribution in [-0.2, 0) is 12.6 Å². The van der Waals surface area contributed by atoms with Crippen molar-refractivity contribution in [2.24, 2.45) is 0 Å². The molecule has 0 N–H and O–H groups in total. The number of alkyl halides is 3. The van der Waals surface area contributed by atoms with Crippen LogP contribution in [0.25, 0.3) is 5.82 Å². The fourth-order valence-corrected chi connectivity index (χ4v) is 1.94. The molecule has 0 unspecified atom stereocenters. The van der Waals surface area contributed by atoms with Gasteiger partial charge in [-0.15, -0.1) is 0 Å². The number of aromatic nitrogens is 3. The van der Waals surface area contributed by atoms with Gasteiger partial charge in [0.25, 0.3) is 0 Å². The molecular formula is C12H9ClF3N3O. The lowest BCUT2D eigenvalue weighted by atomic mass is 10.2. The number of carbonyl (C=O) groups is 1. The molecule has 0 amide bonds. The Bertz CT molecular complexity index is 635. The van der Waals surface area contributed by atoms with E-state index in [9.17, 15) is 18.0 Å². The second-order valence-electron chi connectivity index (χ2n) is 3.94. The molecule has 2 heterocycles. The Balaban J connectivity index is 2.47. The smallest absolute Gasteiger partial charge is 0.298 e. The third-order valence-corrected chi connectivity index (χ3v) is 3.05. The Labute approximate surface area is 117 Å². The van der Waals surface area contributed by atoms with Gasteiger partial charge in [-0.3, -0.25) is 4.79 Å². The van der Waals surface area contributed by atoms with Gasteiger partial charge in [-0.1, -0.05) is 18.5 Å². The van der Waals surface area contributed by atoms with Gasteiger partial charge in [0, 0.05) is 6.20 Å². The second-order valence-corrected chi connectivity index (χ2v) is 4.30. The van der Waals surface area contributed by atoms with Crippen LogP contribution < -0.4 is 0 Å². The van der Waals surface area contributed by atoms with Crippen molar-refractivity contribution >= 4 is 17.9 Å². The van der Waals surface area contributed by atoms with Crippen molar-refractivity contribution in [3.8, 4) is 5.82 Å². The molecule has 0 fully saturated rings. The van der Waals surface area contributed by atoms with Crippen LogP contribution in [0.4, 0.5) is 13.2 Å². The van der Waals surface area contributed by atoms with Gasteiger partial charge in [0.05, 0.1) is 16.8 Å². The van der Waals surface area contributed by atoms with Gasteiger partial charge in [0.15, 0.2) is 12.1 Å². The van der Waals surface area contributed by atoms with E-state index in [2.05, 4.69) is 10.1 Å². The first-order valence-electron chi connectivity index (χ1n) is 5.64. The molecule has 0 aliphatic rings. The number of carbonyl (C=O) groups excluding carboxylic acids is 1. The summed E-state index contributed by atoms with van der Waals surface area (Å²) in [6.45, 7) is 1.79. The van der Waals surface area contributed by atoms with Crippen molar-refractivity contribution in [3.63, 3.8) is 0 Å². The molecule has 0 aliphatic heterocycles. The number of aryl methyl sites for hydroxylation is 1. The molecule has 4 nitrogen and oxygen atoms in total. The molecule has 0 aromatic carbocycles. The van der Waals surface area contributed by atoms with Gasteiger partial charge in [0.2, 0.25) is 0 Å². The first-order valence-corrected chi connectivity index (χ1v) is 6.02. The normalized spacial score (nSPS) is 11.7. The lowest BCUT2D eigenvalue weighted by Crippen LogP contribution is -2.07. The monoisotopic (exact) mass is 303 g/mol. The molecule has 2 aromatic rings. The van der Waals surface area contributed by atoms with Gasteiger partial charge in [0.1, 0.15) is 5.15 Å². The van der Waals surface area contributed by atoms with Gasteiger partial charge in [-0.2, -0.15) is 18.3 Å². The van der Waals surface area contributed by atoms with Crippen molar-refractivity contribution in [2.45, 2.75) is 19.5 Å². The molecule has 0 aliphatic carbocycles. The lowest BCUT2D eigenvalue weighted by Gasteiger charge is -2.07. The standard InChI is InChI=1S/C12H9ClF3N3O/c1-2-9-8(6-20)11(13)19(18-9)10-4-3-7(5-17-10)12(14,15)16/h3-6H,2H2,1H3. The predicted octanol–water partition coefficient (Wildman–Crippen LogP) is 3.31. The molecule has 0 atom stereocenters. The summed E-state index contributed by atoms with van der Waals surface area (Å²) in [6.07, 6.45) is -2.72. The Kier molecular flexibility index (Phi) is 3.80. The van der Waals surface area contributed by atoms with Gasteiger partial charge in [-0.25, -0.2) is 9.67 Å². The minimum absolute atomic E-state index is 0.0316. The van der Waals surface area contributed by atoms with E-state index in [1.165, 1.54) is 0 Å². The zero-order valence-corrected chi connectivity index (χ0v) is 11.0. The van der Waals surface area contributed by atoms with Crippen molar-refractivity contribution in [3.05, 3.63) is 40.3 Å². The summed E-state index contributed by atoms with van der Waals surface area (Å²) >= 11 is 5.98. The van der Waals surface area contributed by atoms with Crippen LogP contribution in [0.2, 0.25) is 5.15 Å². The van der Waals surface area contributed by atoms with Crippen LogP contribution in [0.1, 0.15) is 28.5 Å². The Morgan fingerprint density at radius 1 is 1.40 bits per heavy atom. The summed E-state index contributed by atoms with van der Waals surface area (Å²) in [5, 5.41) is 4.10. The molecule has 106 valence electrons. The molecule has 0 spiro atoms. The van der Waals surface area contributed by atoms with Gasteiger partial charge in [-0.05, 0) is 18.6 Å². The SMILES string of the molecule is CCc1nn(-c2ccc(C(F)(F)F)cn2)c(Cl)c1C=O. The number of pyridine rings is 1. The number of hydrogen-bond acceptors (Lipinski definition) is 3. The Morgan fingerprint density at radius 2 is 2.10 bits per heavy atom. The first-order chi connectivity index (χ1) is 9.38. The summed E-state index contributed by atoms with van der Waals surface area (Å²) in [4.78, 5) is 14.6. The average molecular weight is 304 g/mol. The lowest BCUT2D eigenvalue weighted by molar-refractivity contribution is -0.137. The minimum atomic E-state index is -4.46. The average Bonchev–Trinajstić information content (AvgIpc) is 2.74. The number of rotatable bonds is 3. The van der Waals surface area contributed by atoms with E-state index in [1.54, 1.807) is 6.92 Å². The van der Waals surface area contributed by atoms with Crippen LogP contribution in [0.15, 0.2) is 18.3 Å². The molecule has 20 heavy (non-hydrogen) atoms. The molecular weight excluding hydrogens is 295 g/mol. The number of aldehydes is 1. The van der Waals surface area contributed by atoms with Gasteiger partial charge < -0.3 is 0 Å². The minimum Gasteiger partial charge on any atom is -0.298 e. The van der Waals surface area contributed by atoms with E-state index >= 15 is 0 Å². The maximum atomic E-state index is 12.4. The third-order valence-electron chi connectivity index (χ3n) is 2.68. The van der Waals surface area contributed by atoms with Crippen molar-refractivity contribution in [1.82, 2.24) is 14.8 Å².